The van der Waals surface area contributed by atoms with Crippen LogP contribution >= 0.6 is 0 Å². The van der Waals surface area contributed by atoms with E-state index in [9.17, 15) is 0 Å². The third-order valence-electron chi connectivity index (χ3n) is 0.606. The number of halogens is 1. The molecule has 0 saturated heterocycles. The molecule has 0 N–H and O–H groups in total. The third-order valence-corrected chi connectivity index (χ3v) is 1.41. The van der Waals surface area contributed by atoms with E-state index in [1.165, 1.54) is 5.28 Å². The summed E-state index contributed by atoms with van der Waals surface area (Å²) in [4.78, 5) is 0. The maximum atomic E-state index is 5.22. The minimum atomic E-state index is 0. The maximum Gasteiger partial charge on any atom is -1.00 e. The van der Waals surface area contributed by atoms with Gasteiger partial charge in [-0.25, -0.2) is 0 Å². The van der Waals surface area contributed by atoms with Crippen molar-refractivity contribution in [2.75, 3.05) is 6.61 Å². The second kappa shape index (κ2) is 11.1. The molecule has 0 unspecified atom stereocenters. The number of hydrogen-bond acceptors (Lipinski definition) is 1. The fraction of sp³-hybridized carbons (Fsp3) is 1.00. The monoisotopic (exact) mass is 242 g/mol. The van der Waals surface area contributed by atoms with Crippen molar-refractivity contribution in [2.45, 2.75) is 25.6 Å². The van der Waals surface area contributed by atoms with Crippen LogP contribution in [-0.2, 0) is 3.79 Å². The summed E-state index contributed by atoms with van der Waals surface area (Å²) in [5.41, 5.74) is 0. The van der Waals surface area contributed by atoms with Crippen LogP contribution in [-0.4, -0.2) is 22.2 Å². The molecule has 48 valence electrons. The quantitative estimate of drug-likeness (QED) is 0.330. The van der Waals surface area contributed by atoms with Crippen LogP contribution in [0.1, 0.15) is 20.3 Å². The Kier molecular flexibility index (Phi) is 16.6. The first kappa shape index (κ1) is 12.0. The molecule has 0 atom stereocenters. The molecular formula is C5H12AlIO. The summed E-state index contributed by atoms with van der Waals surface area (Å²) in [5.74, 6) is 0. The summed E-state index contributed by atoms with van der Waals surface area (Å²) in [6.45, 7) is 5.25. The number of rotatable bonds is 4. The van der Waals surface area contributed by atoms with Gasteiger partial charge in [-0.2, -0.15) is 0 Å². The molecule has 0 aliphatic rings. The van der Waals surface area contributed by atoms with Gasteiger partial charge in [-0.15, -0.1) is 0 Å². The second-order valence-electron chi connectivity index (χ2n) is 1.45. The molecule has 0 aromatic carbocycles. The predicted octanol–water partition coefficient (Wildman–Crippen LogP) is -1.53. The minimum Gasteiger partial charge on any atom is -1.00 e. The molecule has 0 aliphatic heterocycles. The van der Waals surface area contributed by atoms with E-state index in [1.54, 1.807) is 0 Å². The van der Waals surface area contributed by atoms with E-state index in [4.69, 9.17) is 3.79 Å². The summed E-state index contributed by atoms with van der Waals surface area (Å²) in [5, 5.41) is 1.22. The van der Waals surface area contributed by atoms with Crippen LogP contribution in [0.2, 0.25) is 5.28 Å². The topological polar surface area (TPSA) is 9.23 Å². The smallest absolute Gasteiger partial charge is 1.00 e. The van der Waals surface area contributed by atoms with Crippen LogP contribution in [0.4, 0.5) is 0 Å². The van der Waals surface area contributed by atoms with Crippen LogP contribution in [0.25, 0.3) is 0 Å². The van der Waals surface area contributed by atoms with E-state index in [1.807, 2.05) is 0 Å². The van der Waals surface area contributed by atoms with Gasteiger partial charge in [-0.05, 0) is 0 Å². The van der Waals surface area contributed by atoms with Crippen LogP contribution in [0.15, 0.2) is 0 Å². The average molecular weight is 242 g/mol. The first-order valence-corrected chi connectivity index (χ1v) is 4.13. The van der Waals surface area contributed by atoms with Gasteiger partial charge in [0.15, 0.2) is 0 Å². The van der Waals surface area contributed by atoms with Crippen molar-refractivity contribution in [3.63, 3.8) is 0 Å². The van der Waals surface area contributed by atoms with Gasteiger partial charge in [0.05, 0.1) is 0 Å². The van der Waals surface area contributed by atoms with Gasteiger partial charge in [-0.3, -0.25) is 0 Å². The van der Waals surface area contributed by atoms with E-state index in [0.29, 0.717) is 15.6 Å². The van der Waals surface area contributed by atoms with E-state index < -0.39 is 0 Å². The average Bonchev–Trinajstić information content (AvgIpc) is 1.69. The zero-order chi connectivity index (χ0) is 5.54. The van der Waals surface area contributed by atoms with Crippen molar-refractivity contribution in [1.82, 2.24) is 0 Å². The Morgan fingerprint density at radius 1 is 1.38 bits per heavy atom. The molecule has 0 aromatic heterocycles. The van der Waals surface area contributed by atoms with Gasteiger partial charge in [0, 0.05) is 0 Å². The Balaban J connectivity index is 0. The molecule has 8 heavy (non-hydrogen) atoms. The van der Waals surface area contributed by atoms with Crippen molar-refractivity contribution in [2.24, 2.45) is 0 Å². The van der Waals surface area contributed by atoms with Crippen molar-refractivity contribution in [3.8, 4) is 0 Å². The molecule has 0 radical (unpaired) electrons. The molecule has 0 rings (SSSR count). The zero-order valence-electron chi connectivity index (χ0n) is 5.48. The normalized spacial score (nSPS) is 7.25. The van der Waals surface area contributed by atoms with Gasteiger partial charge >= 0.3 is 51.5 Å². The van der Waals surface area contributed by atoms with E-state index in [0.717, 1.165) is 13.0 Å². The van der Waals surface area contributed by atoms with E-state index >= 15 is 0 Å². The Labute approximate surface area is 75.2 Å². The van der Waals surface area contributed by atoms with Crippen LogP contribution in [0, 0.1) is 0 Å². The van der Waals surface area contributed by atoms with Crippen LogP contribution in [0.5, 0.6) is 0 Å². The Morgan fingerprint density at radius 3 is 2.38 bits per heavy atom. The molecule has 0 bridgehead atoms. The second-order valence-corrected chi connectivity index (χ2v) is 2.93. The predicted molar refractivity (Wildman–Crippen MR) is 32.5 cm³/mol. The van der Waals surface area contributed by atoms with Gasteiger partial charge in [-0.1, -0.05) is 0 Å². The summed E-state index contributed by atoms with van der Waals surface area (Å²) < 4.78 is 5.22. The zero-order valence-corrected chi connectivity index (χ0v) is 8.80. The molecule has 0 fully saturated rings. The van der Waals surface area contributed by atoms with Crippen molar-refractivity contribution < 1.29 is 27.8 Å². The standard InChI is InChI=1S/C3H7O.C2H5.Al.HI/c1-2-3-4;1-2;;/h2-3H2,1H3;1H2,2H3;;1H/q-1;;+2;/p-1. The van der Waals surface area contributed by atoms with E-state index in [-0.39, 0.29) is 24.0 Å². The summed E-state index contributed by atoms with van der Waals surface area (Å²) in [7, 11) is 0. The van der Waals surface area contributed by atoms with Gasteiger partial charge in [0.1, 0.15) is 0 Å². The van der Waals surface area contributed by atoms with E-state index in [2.05, 4.69) is 13.8 Å². The molecular weight excluding hydrogens is 230 g/mol. The molecule has 1 nitrogen and oxygen atoms in total. The van der Waals surface area contributed by atoms with Crippen LogP contribution in [0.3, 0.4) is 0 Å². The third kappa shape index (κ3) is 10.3. The van der Waals surface area contributed by atoms with Gasteiger partial charge in [0.25, 0.3) is 0 Å². The van der Waals surface area contributed by atoms with Crippen LogP contribution < -0.4 is 24.0 Å². The summed E-state index contributed by atoms with van der Waals surface area (Å²) in [6, 6.07) is 0. The Morgan fingerprint density at radius 2 is 2.00 bits per heavy atom. The maximum absolute atomic E-state index is 5.22. The Bertz CT molecular complexity index is 31.6. The van der Waals surface area contributed by atoms with Gasteiger partial charge in [0.2, 0.25) is 0 Å². The first-order chi connectivity index (χ1) is 3.41. The molecule has 0 spiro atoms. The molecule has 3 heteroatoms. The largest absolute Gasteiger partial charge is 1.00 e. The fourth-order valence-corrected chi connectivity index (χ4v) is 0.957. The van der Waals surface area contributed by atoms with Crippen molar-refractivity contribution in [3.05, 3.63) is 0 Å². The molecule has 0 aliphatic carbocycles. The van der Waals surface area contributed by atoms with Crippen molar-refractivity contribution in [1.29, 1.82) is 0 Å². The fourth-order valence-electron chi connectivity index (χ4n) is 0.319. The molecule has 0 heterocycles. The SMILES string of the molecule is CCC[O][Al+][CH2]C.[I-]. The van der Waals surface area contributed by atoms with Gasteiger partial charge < -0.3 is 24.0 Å². The minimum absolute atomic E-state index is 0. The molecule has 0 aromatic rings. The number of hydrogen-bond donors (Lipinski definition) is 0. The first-order valence-electron chi connectivity index (χ1n) is 2.85. The van der Waals surface area contributed by atoms with Crippen molar-refractivity contribution >= 4 is 15.6 Å². The molecule has 0 amide bonds. The summed E-state index contributed by atoms with van der Waals surface area (Å²) >= 11 is 0.316. The molecule has 0 saturated carbocycles. The summed E-state index contributed by atoms with van der Waals surface area (Å²) in [6.07, 6.45) is 1.16. The Hall–Kier alpha value is 1.22.